The van der Waals surface area contributed by atoms with Gasteiger partial charge < -0.3 is 15.4 Å². The molecule has 1 heterocycles. The van der Waals surface area contributed by atoms with Crippen molar-refractivity contribution in [3.8, 4) is 0 Å². The topological polar surface area (TPSA) is 63.2 Å². The van der Waals surface area contributed by atoms with Crippen molar-refractivity contribution >= 4 is 41.6 Å². The number of hydrogen-bond donors (Lipinski definition) is 2. The number of nitrogens with zero attached hydrogens (tertiary/aromatic N) is 1. The summed E-state index contributed by atoms with van der Waals surface area (Å²) in [4.78, 5) is 16.0. The van der Waals surface area contributed by atoms with Crippen LogP contribution in [0.25, 0.3) is 10.9 Å². The molecule has 2 rings (SSSR count). The Bertz CT molecular complexity index is 591. The summed E-state index contributed by atoms with van der Waals surface area (Å²) in [5.74, 6) is -0.000649. The Kier molecular flexibility index (Phi) is 11.3. The molecule has 2 aromatic rings. The van der Waals surface area contributed by atoms with E-state index in [1.54, 1.807) is 13.3 Å². The number of carbonyl (C=O) groups is 1. The van der Waals surface area contributed by atoms with Crippen molar-refractivity contribution in [3.63, 3.8) is 0 Å². The molecule has 0 atom stereocenters. The van der Waals surface area contributed by atoms with Crippen molar-refractivity contribution in [2.75, 3.05) is 33.4 Å². The van der Waals surface area contributed by atoms with E-state index in [1.165, 1.54) is 0 Å². The second kappa shape index (κ2) is 12.1. The van der Waals surface area contributed by atoms with Crippen LogP contribution in [0.3, 0.4) is 0 Å². The third-order valence-electron chi connectivity index (χ3n) is 3.20. The Morgan fingerprint density at radius 2 is 1.96 bits per heavy atom. The van der Waals surface area contributed by atoms with Gasteiger partial charge in [-0.1, -0.05) is 24.3 Å². The number of rotatable bonds is 8. The largest absolute Gasteiger partial charge is 0.383 e. The fraction of sp³-hybridized carbons (Fsp3) is 0.375. The molecule has 7 heteroatoms. The van der Waals surface area contributed by atoms with Gasteiger partial charge in [0.1, 0.15) is 0 Å². The van der Waals surface area contributed by atoms with Gasteiger partial charge in [0.2, 0.25) is 5.91 Å². The number of carbonyl (C=O) groups excluding carboxylic acids is 1. The van der Waals surface area contributed by atoms with Gasteiger partial charge >= 0.3 is 0 Å². The van der Waals surface area contributed by atoms with Crippen LogP contribution in [0, 0.1) is 0 Å². The Balaban J connectivity index is 0.00000242. The minimum atomic E-state index is -0.000649. The molecule has 2 N–H and O–H groups in total. The van der Waals surface area contributed by atoms with Crippen LogP contribution in [0.4, 0.5) is 0 Å². The van der Waals surface area contributed by atoms with E-state index in [0.29, 0.717) is 26.2 Å². The lowest BCUT2D eigenvalue weighted by Crippen LogP contribution is -2.36. The second-order valence-corrected chi connectivity index (χ2v) is 4.76. The van der Waals surface area contributed by atoms with E-state index in [9.17, 15) is 4.79 Å². The van der Waals surface area contributed by atoms with Crippen molar-refractivity contribution < 1.29 is 9.53 Å². The number of halogens is 2. The summed E-state index contributed by atoms with van der Waals surface area (Å²) >= 11 is 0. The average Bonchev–Trinajstić information content (AvgIpc) is 2.52. The van der Waals surface area contributed by atoms with Crippen molar-refractivity contribution in [3.05, 3.63) is 42.1 Å². The Hall–Kier alpha value is -1.40. The molecule has 0 saturated carbocycles. The molecule has 0 spiro atoms. The van der Waals surface area contributed by atoms with E-state index in [2.05, 4.69) is 21.7 Å². The minimum absolute atomic E-state index is 0. The minimum Gasteiger partial charge on any atom is -0.383 e. The zero-order valence-corrected chi connectivity index (χ0v) is 14.7. The van der Waals surface area contributed by atoms with E-state index in [1.807, 2.05) is 24.3 Å². The maximum Gasteiger partial charge on any atom is 0.233 e. The van der Waals surface area contributed by atoms with Gasteiger partial charge in [-0.15, -0.1) is 24.8 Å². The Morgan fingerprint density at radius 3 is 2.74 bits per heavy atom. The lowest BCUT2D eigenvalue weighted by Gasteiger charge is -2.08. The summed E-state index contributed by atoms with van der Waals surface area (Å²) in [6, 6.07) is 10.1. The summed E-state index contributed by atoms with van der Waals surface area (Å²) in [6.07, 6.45) is 2.57. The van der Waals surface area contributed by atoms with Gasteiger partial charge in [-0.25, -0.2) is 0 Å². The molecule has 0 fully saturated rings. The van der Waals surface area contributed by atoms with Crippen LogP contribution >= 0.6 is 24.8 Å². The first-order valence-electron chi connectivity index (χ1n) is 7.10. The average molecular weight is 360 g/mol. The Morgan fingerprint density at radius 1 is 1.17 bits per heavy atom. The maximum atomic E-state index is 11.6. The number of aromatic nitrogens is 1. The monoisotopic (exact) mass is 359 g/mol. The molecule has 128 valence electrons. The predicted octanol–water partition coefficient (Wildman–Crippen LogP) is 1.97. The van der Waals surface area contributed by atoms with E-state index in [0.717, 1.165) is 22.9 Å². The van der Waals surface area contributed by atoms with Crippen molar-refractivity contribution in [1.29, 1.82) is 0 Å². The van der Waals surface area contributed by atoms with Crippen molar-refractivity contribution in [1.82, 2.24) is 15.6 Å². The number of amides is 1. The van der Waals surface area contributed by atoms with Gasteiger partial charge in [0.15, 0.2) is 0 Å². The van der Waals surface area contributed by atoms with Crippen molar-refractivity contribution in [2.24, 2.45) is 0 Å². The molecule has 1 aromatic heterocycles. The van der Waals surface area contributed by atoms with Gasteiger partial charge in [0.05, 0.1) is 18.7 Å². The highest BCUT2D eigenvalue weighted by Crippen LogP contribution is 2.15. The van der Waals surface area contributed by atoms with Crippen LogP contribution in [0.15, 0.2) is 36.5 Å². The number of pyridine rings is 1. The highest BCUT2D eigenvalue weighted by molar-refractivity contribution is 5.85. The number of benzene rings is 1. The molecule has 0 aliphatic carbocycles. The highest BCUT2D eigenvalue weighted by Gasteiger charge is 2.03. The summed E-state index contributed by atoms with van der Waals surface area (Å²) < 4.78 is 4.90. The van der Waals surface area contributed by atoms with E-state index in [4.69, 9.17) is 4.74 Å². The Labute approximate surface area is 149 Å². The van der Waals surface area contributed by atoms with Crippen LogP contribution in [-0.4, -0.2) is 44.2 Å². The number of para-hydroxylation sites is 1. The van der Waals surface area contributed by atoms with E-state index >= 15 is 0 Å². The van der Waals surface area contributed by atoms with E-state index < -0.39 is 0 Å². The molecule has 0 saturated heterocycles. The number of methoxy groups -OCH3 is 1. The van der Waals surface area contributed by atoms with Gasteiger partial charge in [-0.3, -0.25) is 9.78 Å². The summed E-state index contributed by atoms with van der Waals surface area (Å²) in [5, 5.41) is 7.05. The zero-order chi connectivity index (χ0) is 14.9. The zero-order valence-electron chi connectivity index (χ0n) is 13.1. The molecule has 1 aromatic carbocycles. The lowest BCUT2D eigenvalue weighted by molar-refractivity contribution is -0.120. The molecule has 0 unspecified atom stereocenters. The summed E-state index contributed by atoms with van der Waals surface area (Å²) in [5.41, 5.74) is 2.16. The molecule has 5 nitrogen and oxygen atoms in total. The predicted molar refractivity (Wildman–Crippen MR) is 97.7 cm³/mol. The van der Waals surface area contributed by atoms with Crippen LogP contribution in [0.2, 0.25) is 0 Å². The molecule has 1 amide bonds. The normalized spacial score (nSPS) is 9.78. The number of nitrogens with one attached hydrogen (secondary N) is 2. The second-order valence-electron chi connectivity index (χ2n) is 4.76. The van der Waals surface area contributed by atoms with Crippen LogP contribution in [0.1, 0.15) is 5.56 Å². The number of hydrogen-bond acceptors (Lipinski definition) is 4. The highest BCUT2D eigenvalue weighted by atomic mass is 35.5. The molecular weight excluding hydrogens is 337 g/mol. The maximum absolute atomic E-state index is 11.6. The van der Waals surface area contributed by atoms with E-state index in [-0.39, 0.29) is 30.7 Å². The van der Waals surface area contributed by atoms with Crippen molar-refractivity contribution in [2.45, 2.75) is 6.42 Å². The third-order valence-corrected chi connectivity index (χ3v) is 3.20. The molecule has 0 aliphatic rings. The first kappa shape index (κ1) is 21.6. The summed E-state index contributed by atoms with van der Waals surface area (Å²) in [6.45, 7) is 2.21. The fourth-order valence-electron chi connectivity index (χ4n) is 2.14. The molecule has 0 radical (unpaired) electrons. The van der Waals surface area contributed by atoms with Gasteiger partial charge in [0, 0.05) is 31.8 Å². The molecule has 0 bridgehead atoms. The first-order chi connectivity index (χ1) is 10.3. The number of fused-ring (bicyclic) bond motifs is 1. The van der Waals surface area contributed by atoms with Crippen LogP contribution in [0.5, 0.6) is 0 Å². The van der Waals surface area contributed by atoms with Gasteiger partial charge in [-0.05, 0) is 18.1 Å². The van der Waals surface area contributed by atoms with Crippen LogP contribution in [-0.2, 0) is 16.0 Å². The summed E-state index contributed by atoms with van der Waals surface area (Å²) in [7, 11) is 1.64. The van der Waals surface area contributed by atoms with Gasteiger partial charge in [-0.2, -0.15) is 0 Å². The molecular formula is C16H23Cl2N3O2. The standard InChI is InChI=1S/C16H21N3O2.2ClH/c1-21-11-10-17-12-15(20)18-9-7-14-5-2-4-13-6-3-8-19-16(13)14;;/h2-6,8,17H,7,9-12H2,1H3,(H,18,20);2*1H. The first-order valence-corrected chi connectivity index (χ1v) is 7.10. The quantitative estimate of drug-likeness (QED) is 0.707. The smallest absolute Gasteiger partial charge is 0.233 e. The van der Waals surface area contributed by atoms with Crippen LogP contribution < -0.4 is 10.6 Å². The SMILES string of the molecule is COCCNCC(=O)NCCc1cccc2cccnc12.Cl.Cl. The lowest BCUT2D eigenvalue weighted by atomic mass is 10.1. The molecule has 0 aliphatic heterocycles. The fourth-order valence-corrected chi connectivity index (χ4v) is 2.14. The third kappa shape index (κ3) is 7.14. The number of ether oxygens (including phenoxy) is 1. The molecule has 23 heavy (non-hydrogen) atoms. The van der Waals surface area contributed by atoms with Gasteiger partial charge in [0.25, 0.3) is 0 Å².